The summed E-state index contributed by atoms with van der Waals surface area (Å²) in [5.74, 6) is 2.05. The summed E-state index contributed by atoms with van der Waals surface area (Å²) in [4.78, 5) is 7.17. The number of nitrogens with zero attached hydrogens (tertiary/aromatic N) is 2. The number of fused-ring (bicyclic) bond motifs is 1. The number of aryl methyl sites for hydroxylation is 1. The quantitative estimate of drug-likeness (QED) is 0.451. The van der Waals surface area contributed by atoms with Gasteiger partial charge < -0.3 is 19.7 Å². The Hall–Kier alpha value is -2.35. The molecule has 1 fully saturated rings. The zero-order chi connectivity index (χ0) is 22.1. The van der Waals surface area contributed by atoms with E-state index in [1.807, 2.05) is 37.3 Å². The lowest BCUT2D eigenvalue weighted by molar-refractivity contribution is 0.171. The Balaban J connectivity index is 1.20. The molecule has 0 unspecified atom stereocenters. The second kappa shape index (κ2) is 9.25. The van der Waals surface area contributed by atoms with Gasteiger partial charge in [-0.05, 0) is 67.9 Å². The van der Waals surface area contributed by atoms with E-state index in [4.69, 9.17) is 38.3 Å². The van der Waals surface area contributed by atoms with Crippen LogP contribution in [0.2, 0.25) is 5.02 Å². The van der Waals surface area contributed by atoms with Gasteiger partial charge in [-0.2, -0.15) is 0 Å². The van der Waals surface area contributed by atoms with E-state index in [0.29, 0.717) is 24.2 Å². The summed E-state index contributed by atoms with van der Waals surface area (Å²) in [6.07, 6.45) is 2.05. The number of benzene rings is 2. The molecule has 0 aliphatic carbocycles. The van der Waals surface area contributed by atoms with Crippen molar-refractivity contribution in [2.45, 2.75) is 25.7 Å². The highest BCUT2D eigenvalue weighted by Gasteiger charge is 2.25. The number of thiazole rings is 1. The molecule has 8 heteroatoms. The number of nitrogens with one attached hydrogen (secondary N) is 1. The second-order valence-electron chi connectivity index (χ2n) is 8.10. The molecule has 0 atom stereocenters. The predicted molar refractivity (Wildman–Crippen MR) is 134 cm³/mol. The molecule has 2 aliphatic heterocycles. The van der Waals surface area contributed by atoms with Gasteiger partial charge in [-0.25, -0.2) is 4.98 Å². The van der Waals surface area contributed by atoms with Crippen molar-refractivity contribution in [3.8, 4) is 22.8 Å². The van der Waals surface area contributed by atoms with E-state index in [1.54, 1.807) is 11.3 Å². The number of ether oxygens (including phenoxy) is 2. The molecule has 0 bridgehead atoms. The van der Waals surface area contributed by atoms with Crippen LogP contribution in [0.4, 0.5) is 5.69 Å². The molecule has 1 N–H and O–H groups in total. The highest BCUT2D eigenvalue weighted by molar-refractivity contribution is 7.80. The molecule has 5 rings (SSSR count). The van der Waals surface area contributed by atoms with Gasteiger partial charge in [0.25, 0.3) is 0 Å². The normalized spacial score (nSPS) is 16.1. The van der Waals surface area contributed by atoms with Gasteiger partial charge in [-0.3, -0.25) is 0 Å². The Kier molecular flexibility index (Phi) is 6.22. The Morgan fingerprint density at radius 2 is 1.91 bits per heavy atom. The number of anilines is 1. The van der Waals surface area contributed by atoms with Gasteiger partial charge in [0.1, 0.15) is 13.2 Å². The average Bonchev–Trinajstić information content (AvgIpc) is 3.31. The topological polar surface area (TPSA) is 46.6 Å². The zero-order valence-electron chi connectivity index (χ0n) is 17.8. The summed E-state index contributed by atoms with van der Waals surface area (Å²) in [6.45, 7) is 5.02. The van der Waals surface area contributed by atoms with Crippen LogP contribution in [-0.4, -0.2) is 41.3 Å². The maximum Gasteiger partial charge on any atom is 0.173 e. The Bertz CT molecular complexity index is 1140. The van der Waals surface area contributed by atoms with Gasteiger partial charge in [0, 0.05) is 30.0 Å². The molecular weight excluding hydrogens is 462 g/mol. The van der Waals surface area contributed by atoms with Crippen molar-refractivity contribution in [3.05, 3.63) is 57.4 Å². The molecule has 0 saturated carbocycles. The highest BCUT2D eigenvalue weighted by atomic mass is 35.5. The maximum absolute atomic E-state index is 6.35. The number of likely N-dealkylation sites (tertiary alicyclic amines) is 1. The van der Waals surface area contributed by atoms with Crippen LogP contribution < -0.4 is 14.8 Å². The third-order valence-corrected chi connectivity index (χ3v) is 7.54. The first-order valence-corrected chi connectivity index (χ1v) is 12.4. The van der Waals surface area contributed by atoms with Crippen molar-refractivity contribution < 1.29 is 9.47 Å². The molecule has 166 valence electrons. The summed E-state index contributed by atoms with van der Waals surface area (Å²) in [7, 11) is 0. The molecule has 32 heavy (non-hydrogen) atoms. The molecule has 0 radical (unpaired) electrons. The van der Waals surface area contributed by atoms with Crippen molar-refractivity contribution >= 4 is 46.0 Å². The van der Waals surface area contributed by atoms with Crippen LogP contribution in [0.25, 0.3) is 11.3 Å². The van der Waals surface area contributed by atoms with E-state index in [0.717, 1.165) is 65.1 Å². The minimum Gasteiger partial charge on any atom is -0.486 e. The van der Waals surface area contributed by atoms with E-state index < -0.39 is 0 Å². The number of rotatable bonds is 3. The van der Waals surface area contributed by atoms with Crippen LogP contribution in [-0.2, 0) is 0 Å². The fraction of sp³-hybridized carbons (Fsp3) is 0.333. The zero-order valence-corrected chi connectivity index (χ0v) is 20.2. The molecule has 5 nitrogen and oxygen atoms in total. The van der Waals surface area contributed by atoms with Crippen LogP contribution in [0.3, 0.4) is 0 Å². The number of hydrogen-bond donors (Lipinski definition) is 1. The van der Waals surface area contributed by atoms with Gasteiger partial charge in [-0.1, -0.05) is 17.7 Å². The number of piperidine rings is 1. The smallest absolute Gasteiger partial charge is 0.173 e. The first kappa shape index (κ1) is 21.5. The fourth-order valence-electron chi connectivity index (χ4n) is 4.06. The van der Waals surface area contributed by atoms with Crippen molar-refractivity contribution in [3.63, 3.8) is 0 Å². The molecule has 1 aromatic heterocycles. The lowest BCUT2D eigenvalue weighted by Gasteiger charge is -2.33. The van der Waals surface area contributed by atoms with Gasteiger partial charge in [0.15, 0.2) is 16.6 Å². The monoisotopic (exact) mass is 485 g/mol. The third-order valence-electron chi connectivity index (χ3n) is 5.86. The molecular formula is C24H24ClN3O2S2. The molecule has 0 spiro atoms. The fourth-order valence-corrected chi connectivity index (χ4v) is 5.63. The summed E-state index contributed by atoms with van der Waals surface area (Å²) < 4.78 is 11.3. The number of halogens is 1. The van der Waals surface area contributed by atoms with Crippen molar-refractivity contribution in [1.82, 2.24) is 9.88 Å². The Morgan fingerprint density at radius 1 is 1.12 bits per heavy atom. The molecule has 3 heterocycles. The van der Waals surface area contributed by atoms with Crippen LogP contribution >= 0.6 is 35.2 Å². The summed E-state index contributed by atoms with van der Waals surface area (Å²) in [5.41, 5.74) is 4.05. The van der Waals surface area contributed by atoms with Crippen molar-refractivity contribution in [1.29, 1.82) is 0 Å². The molecule has 2 aromatic carbocycles. The molecule has 2 aliphatic rings. The lowest BCUT2D eigenvalue weighted by atomic mass is 9.98. The summed E-state index contributed by atoms with van der Waals surface area (Å²) >= 11 is 13.7. The van der Waals surface area contributed by atoms with E-state index in [-0.39, 0.29) is 0 Å². The minimum atomic E-state index is 0.452. The van der Waals surface area contributed by atoms with E-state index in [2.05, 4.69) is 21.7 Å². The van der Waals surface area contributed by atoms with E-state index in [9.17, 15) is 0 Å². The van der Waals surface area contributed by atoms with Crippen LogP contribution in [0, 0.1) is 6.92 Å². The standard InChI is InChI=1S/C24H24ClN3O2S2/c1-15-2-4-19(18(25)12-15)27-24(31)28-8-6-16(7-9-28)23-26-20(14-32-23)17-3-5-21-22(13-17)30-11-10-29-21/h2-5,12-14,16H,6-11H2,1H3,(H,27,31). The predicted octanol–water partition coefficient (Wildman–Crippen LogP) is 6.12. The first-order chi connectivity index (χ1) is 15.6. The Morgan fingerprint density at radius 3 is 2.69 bits per heavy atom. The van der Waals surface area contributed by atoms with Crippen LogP contribution in [0.1, 0.15) is 29.3 Å². The van der Waals surface area contributed by atoms with Crippen LogP contribution in [0.15, 0.2) is 41.8 Å². The van der Waals surface area contributed by atoms with Gasteiger partial charge >= 0.3 is 0 Å². The molecule has 0 amide bonds. The average molecular weight is 486 g/mol. The first-order valence-electron chi connectivity index (χ1n) is 10.7. The second-order valence-corrected chi connectivity index (χ2v) is 9.79. The summed E-state index contributed by atoms with van der Waals surface area (Å²) in [6, 6.07) is 12.0. The maximum atomic E-state index is 6.35. The van der Waals surface area contributed by atoms with E-state index in [1.165, 1.54) is 5.01 Å². The van der Waals surface area contributed by atoms with Crippen molar-refractivity contribution in [2.24, 2.45) is 0 Å². The highest BCUT2D eigenvalue weighted by Crippen LogP contribution is 2.37. The summed E-state index contributed by atoms with van der Waals surface area (Å²) in [5, 5.41) is 8.05. The lowest BCUT2D eigenvalue weighted by Crippen LogP contribution is -2.40. The van der Waals surface area contributed by atoms with Crippen molar-refractivity contribution in [2.75, 3.05) is 31.6 Å². The largest absolute Gasteiger partial charge is 0.486 e. The van der Waals surface area contributed by atoms with Gasteiger partial charge in [0.2, 0.25) is 0 Å². The Labute approximate surface area is 202 Å². The van der Waals surface area contributed by atoms with Gasteiger partial charge in [0.05, 0.1) is 21.4 Å². The van der Waals surface area contributed by atoms with Gasteiger partial charge in [-0.15, -0.1) is 11.3 Å². The SMILES string of the molecule is Cc1ccc(NC(=S)N2CCC(c3nc(-c4ccc5c(c4)OCCO5)cs3)CC2)c(Cl)c1. The number of aromatic nitrogens is 1. The van der Waals surface area contributed by atoms with Crippen LogP contribution in [0.5, 0.6) is 11.5 Å². The molecule has 1 saturated heterocycles. The molecule has 3 aromatic rings. The number of hydrogen-bond acceptors (Lipinski definition) is 5. The number of thiocarbonyl (C=S) groups is 1. The third kappa shape index (κ3) is 4.56. The van der Waals surface area contributed by atoms with E-state index >= 15 is 0 Å². The minimum absolute atomic E-state index is 0.452.